The number of hydrogen-bond acceptors (Lipinski definition) is 2. The molecule has 0 fully saturated rings. The van der Waals surface area contributed by atoms with Gasteiger partial charge in [-0.3, -0.25) is 4.79 Å². The third-order valence-corrected chi connectivity index (χ3v) is 4.52. The number of rotatable bonds is 5. The molecule has 0 aliphatic heterocycles. The van der Waals surface area contributed by atoms with Crippen LogP contribution < -0.4 is 10.1 Å². The Hall–Kier alpha value is -3.27. The number of fused-ring (bicyclic) bond motifs is 3. The van der Waals surface area contributed by atoms with Crippen molar-refractivity contribution in [2.24, 2.45) is 0 Å². The molecular weight excluding hydrogens is 324 g/mol. The van der Waals surface area contributed by atoms with Gasteiger partial charge >= 0.3 is 0 Å². The second-order valence-corrected chi connectivity index (χ2v) is 6.23. The van der Waals surface area contributed by atoms with Gasteiger partial charge in [-0.1, -0.05) is 43.3 Å². The normalized spacial score (nSPS) is 11.0. The number of amides is 1. The largest absolute Gasteiger partial charge is 0.484 e. The summed E-state index contributed by atoms with van der Waals surface area (Å²) < 4.78 is 5.69. The van der Waals surface area contributed by atoms with Gasteiger partial charge in [-0.05, 0) is 36.2 Å². The molecule has 0 aliphatic carbocycles. The highest BCUT2D eigenvalue weighted by molar-refractivity contribution is 6.07. The maximum absolute atomic E-state index is 12.2. The molecule has 0 unspecified atom stereocenters. The molecule has 26 heavy (non-hydrogen) atoms. The Labute approximate surface area is 151 Å². The van der Waals surface area contributed by atoms with Crippen LogP contribution in [0, 0.1) is 0 Å². The van der Waals surface area contributed by atoms with Crippen molar-refractivity contribution in [3.8, 4) is 5.75 Å². The van der Waals surface area contributed by atoms with Crippen LogP contribution in [0.2, 0.25) is 0 Å². The highest BCUT2D eigenvalue weighted by Crippen LogP contribution is 2.28. The smallest absolute Gasteiger partial charge is 0.262 e. The summed E-state index contributed by atoms with van der Waals surface area (Å²) in [6, 6.07) is 21.8. The van der Waals surface area contributed by atoms with Gasteiger partial charge in [-0.25, -0.2) is 0 Å². The van der Waals surface area contributed by atoms with Crippen LogP contribution in [0.5, 0.6) is 5.75 Å². The molecule has 4 heteroatoms. The first-order valence-corrected chi connectivity index (χ1v) is 8.75. The van der Waals surface area contributed by atoms with Crippen LogP contribution in [0.1, 0.15) is 12.5 Å². The van der Waals surface area contributed by atoms with E-state index in [0.29, 0.717) is 5.75 Å². The molecule has 0 saturated carbocycles. The summed E-state index contributed by atoms with van der Waals surface area (Å²) in [5.74, 6) is 0.505. The van der Waals surface area contributed by atoms with Crippen molar-refractivity contribution in [2.75, 3.05) is 11.9 Å². The molecule has 0 radical (unpaired) electrons. The van der Waals surface area contributed by atoms with Crippen LogP contribution in [-0.2, 0) is 11.2 Å². The van der Waals surface area contributed by atoms with E-state index < -0.39 is 0 Å². The predicted octanol–water partition coefficient (Wildman–Crippen LogP) is 4.90. The lowest BCUT2D eigenvalue weighted by Crippen LogP contribution is -2.20. The molecule has 0 atom stereocenters. The Morgan fingerprint density at radius 2 is 1.73 bits per heavy atom. The predicted molar refractivity (Wildman–Crippen MR) is 106 cm³/mol. The average Bonchev–Trinajstić information content (AvgIpc) is 3.04. The van der Waals surface area contributed by atoms with E-state index in [-0.39, 0.29) is 12.5 Å². The molecule has 130 valence electrons. The number of aromatic amines is 1. The second-order valence-electron chi connectivity index (χ2n) is 6.23. The first-order valence-electron chi connectivity index (χ1n) is 8.75. The number of carbonyl (C=O) groups is 1. The van der Waals surface area contributed by atoms with E-state index in [1.807, 2.05) is 54.6 Å². The van der Waals surface area contributed by atoms with Crippen molar-refractivity contribution in [1.82, 2.24) is 4.98 Å². The summed E-state index contributed by atoms with van der Waals surface area (Å²) in [5, 5.41) is 5.25. The Morgan fingerprint density at radius 3 is 2.62 bits per heavy atom. The van der Waals surface area contributed by atoms with E-state index >= 15 is 0 Å². The van der Waals surface area contributed by atoms with E-state index in [9.17, 15) is 4.79 Å². The Bertz CT molecular complexity index is 1080. The minimum atomic E-state index is -0.164. The summed E-state index contributed by atoms with van der Waals surface area (Å²) in [7, 11) is 0. The number of hydrogen-bond donors (Lipinski definition) is 2. The molecule has 2 N–H and O–H groups in total. The maximum Gasteiger partial charge on any atom is 0.262 e. The zero-order valence-corrected chi connectivity index (χ0v) is 14.6. The number of para-hydroxylation sites is 2. The molecule has 0 spiro atoms. The zero-order valence-electron chi connectivity index (χ0n) is 14.6. The van der Waals surface area contributed by atoms with Gasteiger partial charge in [0.2, 0.25) is 0 Å². The monoisotopic (exact) mass is 344 g/mol. The van der Waals surface area contributed by atoms with Gasteiger partial charge in [0, 0.05) is 28.0 Å². The van der Waals surface area contributed by atoms with E-state index in [4.69, 9.17) is 4.74 Å². The van der Waals surface area contributed by atoms with E-state index in [1.165, 1.54) is 5.39 Å². The Balaban J connectivity index is 1.47. The maximum atomic E-state index is 12.2. The van der Waals surface area contributed by atoms with Crippen molar-refractivity contribution in [2.45, 2.75) is 13.3 Å². The topological polar surface area (TPSA) is 54.1 Å². The van der Waals surface area contributed by atoms with E-state index in [1.54, 1.807) is 0 Å². The van der Waals surface area contributed by atoms with Crippen LogP contribution in [0.4, 0.5) is 5.69 Å². The number of ether oxygens (including phenoxy) is 1. The van der Waals surface area contributed by atoms with Gasteiger partial charge in [-0.2, -0.15) is 0 Å². The van der Waals surface area contributed by atoms with E-state index in [0.717, 1.165) is 34.1 Å². The lowest BCUT2D eigenvalue weighted by Gasteiger charge is -2.10. The zero-order chi connectivity index (χ0) is 17.9. The fourth-order valence-corrected chi connectivity index (χ4v) is 3.21. The molecule has 0 saturated heterocycles. The molecule has 0 bridgehead atoms. The lowest BCUT2D eigenvalue weighted by molar-refractivity contribution is -0.118. The third-order valence-electron chi connectivity index (χ3n) is 4.52. The van der Waals surface area contributed by atoms with Gasteiger partial charge in [-0.15, -0.1) is 0 Å². The summed E-state index contributed by atoms with van der Waals surface area (Å²) in [6.07, 6.45) is 0.869. The summed E-state index contributed by atoms with van der Waals surface area (Å²) in [6.45, 7) is 2.04. The highest BCUT2D eigenvalue weighted by Gasteiger charge is 2.08. The van der Waals surface area contributed by atoms with E-state index in [2.05, 4.69) is 29.4 Å². The molecule has 4 nitrogen and oxygen atoms in total. The number of aryl methyl sites for hydroxylation is 1. The summed E-state index contributed by atoms with van der Waals surface area (Å²) >= 11 is 0. The third kappa shape index (κ3) is 3.14. The summed E-state index contributed by atoms with van der Waals surface area (Å²) in [5.41, 5.74) is 4.05. The van der Waals surface area contributed by atoms with Gasteiger partial charge in [0.1, 0.15) is 5.75 Å². The Kier molecular flexibility index (Phi) is 4.32. The molecule has 1 amide bonds. The summed E-state index contributed by atoms with van der Waals surface area (Å²) in [4.78, 5) is 15.6. The molecule has 4 aromatic rings. The highest BCUT2D eigenvalue weighted by atomic mass is 16.5. The minimum absolute atomic E-state index is 0.0240. The van der Waals surface area contributed by atoms with Gasteiger partial charge < -0.3 is 15.0 Å². The SMILES string of the molecule is CCc1ccccc1NC(=O)COc1ccc2c(c1)[nH]c1ccccc12. The quantitative estimate of drug-likeness (QED) is 0.541. The van der Waals surface area contributed by atoms with Gasteiger partial charge in [0.25, 0.3) is 5.91 Å². The van der Waals surface area contributed by atoms with Crippen LogP contribution >= 0.6 is 0 Å². The van der Waals surface area contributed by atoms with Crippen LogP contribution in [0.25, 0.3) is 21.8 Å². The number of carbonyl (C=O) groups excluding carboxylic acids is 1. The first kappa shape index (κ1) is 16.2. The number of benzene rings is 3. The van der Waals surface area contributed by atoms with Crippen molar-refractivity contribution < 1.29 is 9.53 Å². The molecule has 0 aliphatic rings. The number of H-pyrrole nitrogens is 1. The molecule has 4 rings (SSSR count). The first-order chi connectivity index (χ1) is 12.7. The van der Waals surface area contributed by atoms with Crippen LogP contribution in [-0.4, -0.2) is 17.5 Å². The van der Waals surface area contributed by atoms with Crippen molar-refractivity contribution in [1.29, 1.82) is 0 Å². The molecule has 1 aromatic heterocycles. The van der Waals surface area contributed by atoms with Crippen molar-refractivity contribution >= 4 is 33.4 Å². The lowest BCUT2D eigenvalue weighted by atomic mass is 10.1. The van der Waals surface area contributed by atoms with Crippen molar-refractivity contribution in [3.05, 3.63) is 72.3 Å². The number of anilines is 1. The minimum Gasteiger partial charge on any atom is -0.484 e. The van der Waals surface area contributed by atoms with Crippen molar-refractivity contribution in [3.63, 3.8) is 0 Å². The number of aromatic nitrogens is 1. The average molecular weight is 344 g/mol. The number of nitrogens with one attached hydrogen (secondary N) is 2. The molecular formula is C22H20N2O2. The van der Waals surface area contributed by atoms with Crippen LogP contribution in [0.3, 0.4) is 0 Å². The fourth-order valence-electron chi connectivity index (χ4n) is 3.21. The molecule has 3 aromatic carbocycles. The standard InChI is InChI=1S/C22H20N2O2/c1-2-15-7-3-5-9-19(15)24-22(25)14-26-16-11-12-18-17-8-4-6-10-20(17)23-21(18)13-16/h3-13,23H,2,14H2,1H3,(H,24,25). The van der Waals surface area contributed by atoms with Crippen LogP contribution in [0.15, 0.2) is 66.7 Å². The van der Waals surface area contributed by atoms with Gasteiger partial charge in [0.05, 0.1) is 5.52 Å². The van der Waals surface area contributed by atoms with Gasteiger partial charge in [0.15, 0.2) is 6.61 Å². The second kappa shape index (κ2) is 6.92. The Morgan fingerprint density at radius 1 is 0.962 bits per heavy atom. The molecule has 1 heterocycles. The fraction of sp³-hybridized carbons (Fsp3) is 0.136.